The van der Waals surface area contributed by atoms with Crippen LogP contribution in [0.15, 0.2) is 24.3 Å². The van der Waals surface area contributed by atoms with E-state index in [1.54, 1.807) is 13.8 Å². The molecule has 1 aromatic carbocycles. The van der Waals surface area contributed by atoms with Gasteiger partial charge in [-0.25, -0.2) is 0 Å². The summed E-state index contributed by atoms with van der Waals surface area (Å²) in [5, 5.41) is 10.6. The van der Waals surface area contributed by atoms with E-state index in [-0.39, 0.29) is 19.5 Å². The van der Waals surface area contributed by atoms with Crippen molar-refractivity contribution in [1.29, 1.82) is 0 Å². The monoisotopic (exact) mass is 314 g/mol. The molecule has 0 aromatic heterocycles. The van der Waals surface area contributed by atoms with Crippen molar-refractivity contribution in [3.63, 3.8) is 0 Å². The number of hydrogen-bond donors (Lipinski definition) is 1. The van der Waals surface area contributed by atoms with Crippen molar-refractivity contribution >= 4 is 19.2 Å². The third kappa shape index (κ3) is 4.33. The van der Waals surface area contributed by atoms with Crippen LogP contribution in [-0.2, 0) is 30.7 Å². The summed E-state index contributed by atoms with van der Waals surface area (Å²) in [7, 11) is -1.41. The topological polar surface area (TPSA) is 37.3 Å². The molecule has 1 N–H and O–H groups in total. The van der Waals surface area contributed by atoms with Crippen molar-refractivity contribution in [1.82, 2.24) is 0 Å². The molecule has 0 atom stereocenters. The first-order valence-electron chi connectivity index (χ1n) is 5.96. The molecule has 0 aliphatic heterocycles. The van der Waals surface area contributed by atoms with Gasteiger partial charge in [0.15, 0.2) is 0 Å². The normalized spacial score (nSPS) is 11.8. The van der Waals surface area contributed by atoms with E-state index in [1.165, 1.54) is 10.8 Å². The van der Waals surface area contributed by atoms with Gasteiger partial charge in [0.2, 0.25) is 0 Å². The Morgan fingerprint density at radius 1 is 1.22 bits per heavy atom. The van der Waals surface area contributed by atoms with Gasteiger partial charge in [-0.3, -0.25) is 4.79 Å². The molecule has 0 radical (unpaired) electrons. The average molecular weight is 316 g/mol. The fraction of sp³-hybridized carbons (Fsp3) is 0.500. The fourth-order valence-electron chi connectivity index (χ4n) is 1.96. The second-order valence-electron chi connectivity index (χ2n) is 6.27. The third-order valence-electron chi connectivity index (χ3n) is 3.04. The van der Waals surface area contributed by atoms with Gasteiger partial charge < -0.3 is 5.11 Å². The first-order chi connectivity index (χ1) is 7.64. The van der Waals surface area contributed by atoms with Crippen molar-refractivity contribution in [3.05, 3.63) is 29.8 Å². The standard InChI is InChI=1S/C14H22O2Si.Zn/c1-14(2,13(15)16)10-11-8-6-7-9-12(11)17(3,4)5;/h6-9H,10H2,1-5H3,(H,15,16);. The molecule has 0 aliphatic rings. The molecule has 0 amide bonds. The number of hydrogen-bond acceptors (Lipinski definition) is 1. The molecule has 0 aliphatic carbocycles. The van der Waals surface area contributed by atoms with Gasteiger partial charge in [-0.15, -0.1) is 0 Å². The molecular formula is C14H22O2SiZn. The van der Waals surface area contributed by atoms with Gasteiger partial charge in [0.25, 0.3) is 0 Å². The predicted molar refractivity (Wildman–Crippen MR) is 74.5 cm³/mol. The quantitative estimate of drug-likeness (QED) is 0.868. The van der Waals surface area contributed by atoms with E-state index in [1.807, 2.05) is 12.1 Å². The Morgan fingerprint density at radius 2 is 1.72 bits per heavy atom. The minimum atomic E-state index is -1.41. The van der Waals surface area contributed by atoms with Gasteiger partial charge in [-0.05, 0) is 25.8 Å². The summed E-state index contributed by atoms with van der Waals surface area (Å²) >= 11 is 0. The summed E-state index contributed by atoms with van der Waals surface area (Å²) in [6.07, 6.45) is 0.600. The van der Waals surface area contributed by atoms with E-state index in [4.69, 9.17) is 0 Å². The minimum Gasteiger partial charge on any atom is -0.481 e. The minimum absolute atomic E-state index is 0. The van der Waals surface area contributed by atoms with Crippen LogP contribution in [0.2, 0.25) is 19.6 Å². The molecule has 1 aromatic rings. The Labute approximate surface area is 124 Å². The summed E-state index contributed by atoms with van der Waals surface area (Å²) < 4.78 is 0. The Hall–Kier alpha value is -0.470. The molecule has 4 heteroatoms. The number of aliphatic carboxylic acids is 1. The van der Waals surface area contributed by atoms with Gasteiger partial charge >= 0.3 is 5.97 Å². The zero-order valence-electron chi connectivity index (χ0n) is 12.1. The van der Waals surface area contributed by atoms with Gasteiger partial charge in [0.05, 0.1) is 13.5 Å². The summed E-state index contributed by atoms with van der Waals surface area (Å²) in [4.78, 5) is 11.2. The van der Waals surface area contributed by atoms with E-state index >= 15 is 0 Å². The molecule has 0 unspecified atom stereocenters. The molecule has 1 rings (SSSR count). The number of carboxylic acid groups (broad SMARTS) is 1. The van der Waals surface area contributed by atoms with Gasteiger partial charge in [-0.2, -0.15) is 0 Å². The predicted octanol–water partition coefficient (Wildman–Crippen LogP) is 2.88. The maximum Gasteiger partial charge on any atom is 0.309 e. The van der Waals surface area contributed by atoms with E-state index in [0.717, 1.165) is 0 Å². The maximum absolute atomic E-state index is 11.2. The molecule has 2 nitrogen and oxygen atoms in total. The largest absolute Gasteiger partial charge is 0.481 e. The Bertz CT molecular complexity index is 422. The van der Waals surface area contributed by atoms with Crippen LogP contribution in [0.5, 0.6) is 0 Å². The van der Waals surface area contributed by atoms with Crippen molar-refractivity contribution < 1.29 is 29.4 Å². The van der Waals surface area contributed by atoms with Crippen molar-refractivity contribution in [2.45, 2.75) is 39.9 Å². The van der Waals surface area contributed by atoms with Crippen molar-refractivity contribution in [3.8, 4) is 0 Å². The number of carboxylic acids is 1. The SMILES string of the molecule is CC(C)(Cc1ccccc1[Si](C)(C)C)C(=O)O.[Zn]. The maximum atomic E-state index is 11.2. The van der Waals surface area contributed by atoms with Crippen LogP contribution in [0, 0.1) is 5.41 Å². The second kappa shape index (κ2) is 6.12. The van der Waals surface area contributed by atoms with Crippen molar-refractivity contribution in [2.75, 3.05) is 0 Å². The molecule has 0 fully saturated rings. The number of rotatable bonds is 4. The molecule has 96 valence electrons. The third-order valence-corrected chi connectivity index (χ3v) is 5.14. The summed E-state index contributed by atoms with van der Waals surface area (Å²) in [6.45, 7) is 10.4. The number of carbonyl (C=O) groups is 1. The molecule has 0 bridgehead atoms. The Kier molecular flexibility index (Phi) is 5.96. The van der Waals surface area contributed by atoms with E-state index in [2.05, 4.69) is 31.8 Å². The van der Waals surface area contributed by atoms with E-state index < -0.39 is 19.5 Å². The fourth-order valence-corrected chi connectivity index (χ4v) is 3.69. The van der Waals surface area contributed by atoms with Gasteiger partial charge in [0, 0.05) is 19.5 Å². The van der Waals surface area contributed by atoms with Crippen LogP contribution >= 0.6 is 0 Å². The van der Waals surface area contributed by atoms with Crippen LogP contribution < -0.4 is 5.19 Å². The molecule has 0 saturated heterocycles. The smallest absolute Gasteiger partial charge is 0.309 e. The average Bonchev–Trinajstić information content (AvgIpc) is 2.15. The van der Waals surface area contributed by atoms with Gasteiger partial charge in [-0.1, -0.05) is 49.1 Å². The first-order valence-corrected chi connectivity index (χ1v) is 9.46. The Balaban J connectivity index is 0.00000289. The molecule has 0 heterocycles. The van der Waals surface area contributed by atoms with Crippen LogP contribution in [0.3, 0.4) is 0 Å². The molecule has 18 heavy (non-hydrogen) atoms. The summed E-state index contributed by atoms with van der Waals surface area (Å²) in [5.74, 6) is -0.733. The van der Waals surface area contributed by atoms with Crippen LogP contribution in [-0.4, -0.2) is 19.1 Å². The van der Waals surface area contributed by atoms with Gasteiger partial charge in [0.1, 0.15) is 0 Å². The van der Waals surface area contributed by atoms with Crippen LogP contribution in [0.1, 0.15) is 19.4 Å². The summed E-state index contributed by atoms with van der Waals surface area (Å²) in [5.41, 5.74) is 0.495. The van der Waals surface area contributed by atoms with E-state index in [0.29, 0.717) is 6.42 Å². The zero-order valence-corrected chi connectivity index (χ0v) is 16.0. The van der Waals surface area contributed by atoms with Crippen molar-refractivity contribution in [2.24, 2.45) is 5.41 Å². The van der Waals surface area contributed by atoms with E-state index in [9.17, 15) is 9.90 Å². The molecular weight excluding hydrogens is 294 g/mol. The first kappa shape index (κ1) is 17.5. The summed E-state index contributed by atoms with van der Waals surface area (Å²) in [6, 6.07) is 8.26. The second-order valence-corrected chi connectivity index (χ2v) is 11.3. The Morgan fingerprint density at radius 3 is 2.17 bits per heavy atom. The number of benzene rings is 1. The molecule has 0 saturated carbocycles. The molecule has 0 spiro atoms. The van der Waals surface area contributed by atoms with Crippen LogP contribution in [0.25, 0.3) is 0 Å². The van der Waals surface area contributed by atoms with Crippen LogP contribution in [0.4, 0.5) is 0 Å². The zero-order chi connectivity index (χ0) is 13.3.